The molecule has 4 nitrogen and oxygen atoms in total. The maximum Gasteiger partial charge on any atom is 0.328 e. The van der Waals surface area contributed by atoms with Crippen molar-refractivity contribution in [3.63, 3.8) is 0 Å². The Labute approximate surface area is 130 Å². The van der Waals surface area contributed by atoms with E-state index in [2.05, 4.69) is 17.0 Å². The second kappa shape index (κ2) is 8.20. The first kappa shape index (κ1) is 16.0. The Balaban J connectivity index is 1.95. The van der Waals surface area contributed by atoms with Gasteiger partial charge in [0.2, 0.25) is 0 Å². The molecule has 1 unspecified atom stereocenters. The van der Waals surface area contributed by atoms with Crippen molar-refractivity contribution in [3.8, 4) is 5.75 Å². The highest BCUT2D eigenvalue weighted by Crippen LogP contribution is 2.18. The van der Waals surface area contributed by atoms with Crippen LogP contribution in [0.25, 0.3) is 0 Å². The van der Waals surface area contributed by atoms with Crippen molar-refractivity contribution in [2.45, 2.75) is 32.3 Å². The zero-order valence-electron chi connectivity index (χ0n) is 12.7. The Kier molecular flexibility index (Phi) is 5.98. The van der Waals surface area contributed by atoms with E-state index in [1.54, 1.807) is 0 Å². The lowest BCUT2D eigenvalue weighted by Gasteiger charge is -2.16. The van der Waals surface area contributed by atoms with Crippen LogP contribution in [0.3, 0.4) is 0 Å². The van der Waals surface area contributed by atoms with Crippen LogP contribution in [0, 0.1) is 0 Å². The molecule has 2 aromatic rings. The molecule has 2 N–H and O–H groups in total. The fraction of sp³-hybridized carbons (Fsp3) is 0.278. The Morgan fingerprint density at radius 1 is 1.05 bits per heavy atom. The van der Waals surface area contributed by atoms with Gasteiger partial charge in [0.25, 0.3) is 0 Å². The van der Waals surface area contributed by atoms with Gasteiger partial charge in [0.15, 0.2) is 0 Å². The number of carbonyl (C=O) groups is 1. The molecule has 4 heteroatoms. The molecule has 0 bridgehead atoms. The van der Waals surface area contributed by atoms with Crippen molar-refractivity contribution in [3.05, 3.63) is 65.7 Å². The molecular formula is C18H21NO3. The number of rotatable bonds is 7. The van der Waals surface area contributed by atoms with Crippen LogP contribution in [0.1, 0.15) is 30.9 Å². The van der Waals surface area contributed by atoms with Crippen molar-refractivity contribution >= 4 is 5.97 Å². The number of hydrogen-bond donors (Lipinski definition) is 1. The Morgan fingerprint density at radius 2 is 1.68 bits per heavy atom. The standard InChI is InChI=1S/C18H21NO3/c1-2-16(13-18(20)22-19)21-17-10-8-15(9-11-17)12-14-6-4-3-5-7-14/h3-11,16H,2,12-13,19H2,1H3. The minimum atomic E-state index is -0.465. The summed E-state index contributed by atoms with van der Waals surface area (Å²) in [6.45, 7) is 1.96. The molecule has 0 aromatic heterocycles. The summed E-state index contributed by atoms with van der Waals surface area (Å²) in [5, 5.41) is 0. The van der Waals surface area contributed by atoms with E-state index in [0.29, 0.717) is 6.42 Å². The maximum absolute atomic E-state index is 11.2. The predicted molar refractivity (Wildman–Crippen MR) is 85.3 cm³/mol. The monoisotopic (exact) mass is 299 g/mol. The fourth-order valence-corrected chi connectivity index (χ4v) is 2.21. The smallest absolute Gasteiger partial charge is 0.328 e. The van der Waals surface area contributed by atoms with Crippen LogP contribution >= 0.6 is 0 Å². The average molecular weight is 299 g/mol. The number of benzene rings is 2. The minimum Gasteiger partial charge on any atom is -0.490 e. The quantitative estimate of drug-likeness (QED) is 0.797. The van der Waals surface area contributed by atoms with Gasteiger partial charge in [0, 0.05) is 0 Å². The van der Waals surface area contributed by atoms with E-state index in [0.717, 1.165) is 12.2 Å². The van der Waals surface area contributed by atoms with Crippen LogP contribution < -0.4 is 10.6 Å². The predicted octanol–water partition coefficient (Wildman–Crippen LogP) is 3.24. The van der Waals surface area contributed by atoms with Crippen molar-refractivity contribution < 1.29 is 14.4 Å². The summed E-state index contributed by atoms with van der Waals surface area (Å²) in [6, 6.07) is 18.2. The number of hydrogen-bond acceptors (Lipinski definition) is 4. The third-order valence-corrected chi connectivity index (χ3v) is 3.46. The lowest BCUT2D eigenvalue weighted by Crippen LogP contribution is -2.23. The van der Waals surface area contributed by atoms with Gasteiger partial charge >= 0.3 is 5.97 Å². The summed E-state index contributed by atoms with van der Waals surface area (Å²) in [5.41, 5.74) is 2.49. The normalized spacial score (nSPS) is 11.7. The van der Waals surface area contributed by atoms with Crippen molar-refractivity contribution in [1.82, 2.24) is 0 Å². The molecule has 0 aliphatic carbocycles. The zero-order valence-corrected chi connectivity index (χ0v) is 12.7. The molecule has 0 saturated heterocycles. The largest absolute Gasteiger partial charge is 0.490 e. The molecule has 0 aliphatic heterocycles. The summed E-state index contributed by atoms with van der Waals surface area (Å²) in [7, 11) is 0. The van der Waals surface area contributed by atoms with Gasteiger partial charge in [-0.2, -0.15) is 5.90 Å². The molecule has 0 fully saturated rings. The molecule has 2 rings (SSSR count). The topological polar surface area (TPSA) is 61.5 Å². The van der Waals surface area contributed by atoms with E-state index < -0.39 is 5.97 Å². The van der Waals surface area contributed by atoms with Gasteiger partial charge in [0.1, 0.15) is 11.9 Å². The Bertz CT molecular complexity index is 581. The highest BCUT2D eigenvalue weighted by atomic mass is 16.7. The van der Waals surface area contributed by atoms with Crippen molar-refractivity contribution in [1.29, 1.82) is 0 Å². The van der Waals surface area contributed by atoms with Gasteiger partial charge in [-0.25, -0.2) is 0 Å². The first-order chi connectivity index (χ1) is 10.7. The van der Waals surface area contributed by atoms with E-state index in [9.17, 15) is 4.79 Å². The van der Waals surface area contributed by atoms with Gasteiger partial charge in [-0.1, -0.05) is 49.4 Å². The van der Waals surface area contributed by atoms with Gasteiger partial charge < -0.3 is 9.57 Å². The highest BCUT2D eigenvalue weighted by Gasteiger charge is 2.14. The molecule has 2 aromatic carbocycles. The van der Waals surface area contributed by atoms with E-state index in [4.69, 9.17) is 10.6 Å². The molecule has 116 valence electrons. The Morgan fingerprint density at radius 3 is 2.27 bits per heavy atom. The van der Waals surface area contributed by atoms with Gasteiger partial charge in [-0.15, -0.1) is 0 Å². The van der Waals surface area contributed by atoms with Gasteiger partial charge in [0.05, 0.1) is 6.42 Å². The van der Waals surface area contributed by atoms with E-state index in [1.165, 1.54) is 11.1 Å². The molecule has 0 aliphatic rings. The maximum atomic E-state index is 11.2. The van der Waals surface area contributed by atoms with E-state index in [-0.39, 0.29) is 12.5 Å². The van der Waals surface area contributed by atoms with E-state index in [1.807, 2.05) is 49.4 Å². The highest BCUT2D eigenvalue weighted by molar-refractivity contribution is 5.69. The summed E-state index contributed by atoms with van der Waals surface area (Å²) in [6.07, 6.45) is 1.52. The molecule has 0 spiro atoms. The molecule has 0 amide bonds. The molecule has 0 saturated carbocycles. The summed E-state index contributed by atoms with van der Waals surface area (Å²) >= 11 is 0. The van der Waals surface area contributed by atoms with Crippen LogP contribution in [-0.2, 0) is 16.1 Å². The first-order valence-corrected chi connectivity index (χ1v) is 7.40. The van der Waals surface area contributed by atoms with Gasteiger partial charge in [-0.05, 0) is 36.1 Å². The third kappa shape index (κ3) is 4.90. The second-order valence-corrected chi connectivity index (χ2v) is 5.15. The van der Waals surface area contributed by atoms with Crippen LogP contribution in [0.5, 0.6) is 5.75 Å². The number of nitrogens with two attached hydrogens (primary N) is 1. The molecule has 0 radical (unpaired) electrons. The minimum absolute atomic E-state index is 0.152. The summed E-state index contributed by atoms with van der Waals surface area (Å²) < 4.78 is 5.78. The average Bonchev–Trinajstić information content (AvgIpc) is 2.56. The molecule has 1 atom stereocenters. The number of carbonyl (C=O) groups excluding carboxylic acids is 1. The van der Waals surface area contributed by atoms with E-state index >= 15 is 0 Å². The number of ether oxygens (including phenoxy) is 1. The second-order valence-electron chi connectivity index (χ2n) is 5.15. The summed E-state index contributed by atoms with van der Waals surface area (Å²) in [5.74, 6) is 5.14. The fourth-order valence-electron chi connectivity index (χ4n) is 2.21. The third-order valence-electron chi connectivity index (χ3n) is 3.46. The summed E-state index contributed by atoms with van der Waals surface area (Å²) in [4.78, 5) is 15.4. The lowest BCUT2D eigenvalue weighted by atomic mass is 10.1. The van der Waals surface area contributed by atoms with Crippen LogP contribution in [0.4, 0.5) is 0 Å². The zero-order chi connectivity index (χ0) is 15.8. The van der Waals surface area contributed by atoms with Gasteiger partial charge in [-0.3, -0.25) is 4.79 Å². The molecule has 0 heterocycles. The van der Waals surface area contributed by atoms with Crippen LogP contribution in [0.15, 0.2) is 54.6 Å². The van der Waals surface area contributed by atoms with Crippen LogP contribution in [-0.4, -0.2) is 12.1 Å². The molecular weight excluding hydrogens is 278 g/mol. The van der Waals surface area contributed by atoms with Crippen LogP contribution in [0.2, 0.25) is 0 Å². The first-order valence-electron chi connectivity index (χ1n) is 7.40. The molecule has 22 heavy (non-hydrogen) atoms. The van der Waals surface area contributed by atoms with Crippen molar-refractivity contribution in [2.24, 2.45) is 5.90 Å². The Hall–Kier alpha value is -2.33. The van der Waals surface area contributed by atoms with Crippen molar-refractivity contribution in [2.75, 3.05) is 0 Å². The lowest BCUT2D eigenvalue weighted by molar-refractivity contribution is -0.146. The SMILES string of the molecule is CCC(CC(=O)ON)Oc1ccc(Cc2ccccc2)cc1.